The number of hydrogen-bond donors (Lipinski definition) is 0. The Kier molecular flexibility index (Phi) is 5.89. The van der Waals surface area contributed by atoms with Gasteiger partial charge in [0, 0.05) is 18.7 Å². The average molecular weight is 467 g/mol. The van der Waals surface area contributed by atoms with Gasteiger partial charge in [-0.1, -0.05) is 0 Å². The van der Waals surface area contributed by atoms with Crippen LogP contribution in [0.25, 0.3) is 0 Å². The monoisotopic (exact) mass is 467 g/mol. The van der Waals surface area contributed by atoms with Crippen LogP contribution in [-0.4, -0.2) is 47.6 Å². The van der Waals surface area contributed by atoms with Crippen molar-refractivity contribution in [3.8, 4) is 5.75 Å². The molecule has 0 radical (unpaired) electrons. The standard InChI is InChI=1S/C22H21F4N3O4/c1-12-3-4-17-20(27-12)28(7-8-32-17)6-5-18(30)29-13(2)19(33-21(29)31)14-9-15(22(24,25)26)11-16(23)10-14/h3-4,9-11,13,19H,5-8H2,1-2H3/t13-,19-/m0/s1. The van der Waals surface area contributed by atoms with Crippen molar-refractivity contribution in [1.82, 2.24) is 9.88 Å². The van der Waals surface area contributed by atoms with Gasteiger partial charge in [-0.05, 0) is 49.7 Å². The molecule has 0 aliphatic carbocycles. The fourth-order valence-electron chi connectivity index (χ4n) is 3.99. The summed E-state index contributed by atoms with van der Waals surface area (Å²) in [4.78, 5) is 32.4. The van der Waals surface area contributed by atoms with E-state index in [0.717, 1.165) is 22.7 Å². The summed E-state index contributed by atoms with van der Waals surface area (Å²) >= 11 is 0. The van der Waals surface area contributed by atoms with Crippen molar-refractivity contribution < 1.29 is 36.6 Å². The van der Waals surface area contributed by atoms with Gasteiger partial charge in [-0.2, -0.15) is 13.2 Å². The van der Waals surface area contributed by atoms with Crippen molar-refractivity contribution in [2.45, 2.75) is 38.6 Å². The average Bonchev–Trinajstić information content (AvgIpc) is 3.05. The Hall–Kier alpha value is -3.37. The van der Waals surface area contributed by atoms with Gasteiger partial charge in [0.25, 0.3) is 0 Å². The molecular formula is C22H21F4N3O4. The maximum absolute atomic E-state index is 13.8. The summed E-state index contributed by atoms with van der Waals surface area (Å²) in [6.07, 6.45) is -7.02. The summed E-state index contributed by atoms with van der Waals surface area (Å²) in [5.74, 6) is -0.465. The molecule has 7 nitrogen and oxygen atoms in total. The van der Waals surface area contributed by atoms with E-state index in [2.05, 4.69) is 4.98 Å². The highest BCUT2D eigenvalue weighted by molar-refractivity contribution is 5.94. The van der Waals surface area contributed by atoms with Crippen molar-refractivity contribution in [2.24, 2.45) is 0 Å². The van der Waals surface area contributed by atoms with Crippen LogP contribution in [0.5, 0.6) is 5.75 Å². The van der Waals surface area contributed by atoms with Gasteiger partial charge in [-0.15, -0.1) is 0 Å². The minimum Gasteiger partial charge on any atom is -0.488 e. The number of pyridine rings is 1. The third kappa shape index (κ3) is 4.57. The number of carbonyl (C=O) groups excluding carboxylic acids is 2. The van der Waals surface area contributed by atoms with Crippen LogP contribution in [0, 0.1) is 12.7 Å². The molecule has 1 aromatic carbocycles. The Morgan fingerprint density at radius 2 is 2.00 bits per heavy atom. The van der Waals surface area contributed by atoms with Gasteiger partial charge in [-0.25, -0.2) is 19.1 Å². The van der Waals surface area contributed by atoms with E-state index in [1.807, 2.05) is 17.9 Å². The summed E-state index contributed by atoms with van der Waals surface area (Å²) in [5, 5.41) is 0. The fourth-order valence-corrected chi connectivity index (χ4v) is 3.99. The maximum atomic E-state index is 13.8. The van der Waals surface area contributed by atoms with Gasteiger partial charge in [0.1, 0.15) is 18.5 Å². The third-order valence-electron chi connectivity index (χ3n) is 5.61. The highest BCUT2D eigenvalue weighted by Crippen LogP contribution is 2.37. The van der Waals surface area contributed by atoms with E-state index in [9.17, 15) is 27.2 Å². The number of anilines is 1. The number of carbonyl (C=O) groups is 2. The molecular weight excluding hydrogens is 446 g/mol. The summed E-state index contributed by atoms with van der Waals surface area (Å²) in [7, 11) is 0. The number of fused-ring (bicyclic) bond motifs is 1. The molecule has 0 spiro atoms. The first-order valence-corrected chi connectivity index (χ1v) is 10.3. The minimum atomic E-state index is -4.76. The van der Waals surface area contributed by atoms with Crippen molar-refractivity contribution in [1.29, 1.82) is 0 Å². The number of imide groups is 1. The van der Waals surface area contributed by atoms with E-state index in [1.54, 1.807) is 6.07 Å². The summed E-state index contributed by atoms with van der Waals surface area (Å²) in [6.45, 7) is 4.47. The number of rotatable bonds is 4. The van der Waals surface area contributed by atoms with Gasteiger partial charge in [0.15, 0.2) is 11.6 Å². The number of hydrogen-bond acceptors (Lipinski definition) is 6. The lowest BCUT2D eigenvalue weighted by atomic mass is 10.0. The molecule has 2 aromatic rings. The number of nitrogens with zero attached hydrogens (tertiary/aromatic N) is 3. The van der Waals surface area contributed by atoms with Crippen LogP contribution in [0.15, 0.2) is 30.3 Å². The number of cyclic esters (lactones) is 1. The van der Waals surface area contributed by atoms with Gasteiger partial charge in [-0.3, -0.25) is 4.79 Å². The molecule has 0 N–H and O–H groups in total. The van der Waals surface area contributed by atoms with Gasteiger partial charge in [0.2, 0.25) is 5.91 Å². The Bertz CT molecular complexity index is 1090. The van der Waals surface area contributed by atoms with Crippen LogP contribution in [0.2, 0.25) is 0 Å². The topological polar surface area (TPSA) is 72.0 Å². The van der Waals surface area contributed by atoms with E-state index in [4.69, 9.17) is 9.47 Å². The Labute approximate surface area is 186 Å². The van der Waals surface area contributed by atoms with E-state index in [0.29, 0.717) is 30.8 Å². The largest absolute Gasteiger partial charge is 0.488 e. The number of amides is 2. The maximum Gasteiger partial charge on any atom is 0.417 e. The molecule has 2 aliphatic heterocycles. The Balaban J connectivity index is 1.48. The lowest BCUT2D eigenvalue weighted by Crippen LogP contribution is -2.41. The highest BCUT2D eigenvalue weighted by Gasteiger charge is 2.44. The van der Waals surface area contributed by atoms with Crippen molar-refractivity contribution in [3.63, 3.8) is 0 Å². The molecule has 1 saturated heterocycles. The molecule has 0 saturated carbocycles. The van der Waals surface area contributed by atoms with Crippen LogP contribution >= 0.6 is 0 Å². The zero-order valence-electron chi connectivity index (χ0n) is 17.9. The Morgan fingerprint density at radius 3 is 2.73 bits per heavy atom. The predicted octanol–water partition coefficient (Wildman–Crippen LogP) is 4.25. The third-order valence-corrected chi connectivity index (χ3v) is 5.61. The fraction of sp³-hybridized carbons (Fsp3) is 0.409. The normalized spacial score (nSPS) is 20.4. The molecule has 11 heteroatoms. The lowest BCUT2D eigenvalue weighted by Gasteiger charge is -2.30. The highest BCUT2D eigenvalue weighted by atomic mass is 19.4. The van der Waals surface area contributed by atoms with E-state index in [1.165, 1.54) is 6.92 Å². The number of aromatic nitrogens is 1. The summed E-state index contributed by atoms with van der Waals surface area (Å²) < 4.78 is 63.8. The molecule has 3 heterocycles. The number of benzene rings is 1. The molecule has 33 heavy (non-hydrogen) atoms. The predicted molar refractivity (Wildman–Crippen MR) is 108 cm³/mol. The lowest BCUT2D eigenvalue weighted by molar-refractivity contribution is -0.138. The van der Waals surface area contributed by atoms with Crippen molar-refractivity contribution in [2.75, 3.05) is 24.6 Å². The number of ether oxygens (including phenoxy) is 2. The zero-order valence-corrected chi connectivity index (χ0v) is 17.9. The van der Waals surface area contributed by atoms with Gasteiger partial charge >= 0.3 is 12.3 Å². The molecule has 1 fully saturated rings. The van der Waals surface area contributed by atoms with Crippen LogP contribution in [0.4, 0.5) is 28.2 Å². The molecule has 2 aliphatic rings. The van der Waals surface area contributed by atoms with Crippen molar-refractivity contribution >= 4 is 17.8 Å². The smallest absolute Gasteiger partial charge is 0.417 e. The molecule has 0 bridgehead atoms. The van der Waals surface area contributed by atoms with Crippen LogP contribution in [0.3, 0.4) is 0 Å². The summed E-state index contributed by atoms with van der Waals surface area (Å²) in [6, 6.07) is 4.66. The number of halogens is 4. The molecule has 176 valence electrons. The molecule has 4 rings (SSSR count). The van der Waals surface area contributed by atoms with E-state index >= 15 is 0 Å². The number of alkyl halides is 3. The molecule has 1 aromatic heterocycles. The van der Waals surface area contributed by atoms with Crippen LogP contribution in [-0.2, 0) is 15.7 Å². The van der Waals surface area contributed by atoms with Crippen LogP contribution < -0.4 is 9.64 Å². The molecule has 2 atom stereocenters. The zero-order chi connectivity index (χ0) is 23.9. The first-order chi connectivity index (χ1) is 15.5. The van der Waals surface area contributed by atoms with Gasteiger partial charge < -0.3 is 14.4 Å². The number of aryl methyl sites for hydroxylation is 1. The van der Waals surface area contributed by atoms with Crippen molar-refractivity contribution in [3.05, 3.63) is 53.0 Å². The second-order valence-corrected chi connectivity index (χ2v) is 7.94. The van der Waals surface area contributed by atoms with E-state index in [-0.39, 0.29) is 18.5 Å². The molecule has 0 unspecified atom stereocenters. The Morgan fingerprint density at radius 1 is 1.24 bits per heavy atom. The van der Waals surface area contributed by atoms with Gasteiger partial charge in [0.05, 0.1) is 18.2 Å². The quantitative estimate of drug-likeness (QED) is 0.627. The SMILES string of the molecule is Cc1ccc2c(n1)N(CCC(=O)N1C(=O)O[C@H](c3cc(F)cc(C(F)(F)F)c3)[C@@H]1C)CCO2. The summed E-state index contributed by atoms with van der Waals surface area (Å²) in [5.41, 5.74) is -0.581. The van der Waals surface area contributed by atoms with Crippen LogP contribution in [0.1, 0.15) is 36.3 Å². The minimum absolute atomic E-state index is 0.0574. The second kappa shape index (κ2) is 8.53. The first kappa shape index (κ1) is 22.8. The second-order valence-electron chi connectivity index (χ2n) is 7.94. The van der Waals surface area contributed by atoms with E-state index < -0.39 is 41.7 Å². The molecule has 2 amide bonds. The first-order valence-electron chi connectivity index (χ1n) is 10.3.